The van der Waals surface area contributed by atoms with E-state index in [1.54, 1.807) is 17.5 Å². The van der Waals surface area contributed by atoms with Crippen LogP contribution in [0, 0.1) is 0 Å². The topological polar surface area (TPSA) is 142 Å². The number of hydrogen-bond donors (Lipinski definition) is 4. The third kappa shape index (κ3) is 21.9. The summed E-state index contributed by atoms with van der Waals surface area (Å²) in [6, 6.07) is -1.70. The van der Waals surface area contributed by atoms with Gasteiger partial charge in [0.2, 0.25) is 5.91 Å². The van der Waals surface area contributed by atoms with Crippen LogP contribution in [-0.2, 0) is 23.9 Å². The van der Waals surface area contributed by atoms with Gasteiger partial charge in [-0.1, -0.05) is 76.2 Å². The first-order valence-electron chi connectivity index (χ1n) is 14.2. The molecule has 0 heterocycles. The average Bonchev–Trinajstić information content (AvgIpc) is 2.91. The zero-order chi connectivity index (χ0) is 31.8. The zero-order valence-corrected chi connectivity index (χ0v) is 25.2. The van der Waals surface area contributed by atoms with Gasteiger partial charge in [-0.2, -0.15) is 13.2 Å². The Kier molecular flexibility index (Phi) is 22.1. The number of carbonyl (C=O) groups is 4. The molecule has 0 saturated carbocycles. The highest BCUT2D eigenvalue weighted by Gasteiger charge is 2.41. The van der Waals surface area contributed by atoms with Crippen molar-refractivity contribution in [3.8, 4) is 0 Å². The van der Waals surface area contributed by atoms with E-state index in [-0.39, 0.29) is 12.2 Å². The maximum absolute atomic E-state index is 12.8. The molecule has 3 atom stereocenters. The lowest BCUT2D eigenvalue weighted by Gasteiger charge is -2.23. The monoisotopic (exact) mass is 622 g/mol. The number of nitrogens with one attached hydrogen (secondary N) is 2. The molecule has 0 aromatic carbocycles. The third-order valence-electron chi connectivity index (χ3n) is 5.86. The summed E-state index contributed by atoms with van der Waals surface area (Å²) in [5.41, 5.74) is 0. The summed E-state index contributed by atoms with van der Waals surface area (Å²) in [5.74, 6) is -5.73. The molecule has 0 rings (SSSR count). The van der Waals surface area contributed by atoms with Crippen molar-refractivity contribution < 1.29 is 47.3 Å². The van der Waals surface area contributed by atoms with Gasteiger partial charge < -0.3 is 25.6 Å². The number of carbonyl (C=O) groups excluding carboxylic acids is 3. The number of unbranched alkanes of at least 4 members (excludes halogenated alkanes) is 8. The second-order valence-corrected chi connectivity index (χ2v) is 10.8. The van der Waals surface area contributed by atoms with Crippen molar-refractivity contribution in [2.75, 3.05) is 12.3 Å². The fourth-order valence-corrected chi connectivity index (χ4v) is 4.81. The SMILES string of the molecule is CCCCCCCCCCC=CC=C[C@@H](SCC(NC(=O)C(F)(F)F)C(=O)NCC(=O)O)[C@@H](O)CCC=COC(C)=O. The molecule has 13 heteroatoms. The first kappa shape index (κ1) is 39.2. The summed E-state index contributed by atoms with van der Waals surface area (Å²) in [6.45, 7) is 2.58. The summed E-state index contributed by atoms with van der Waals surface area (Å²) < 4.78 is 43.2. The molecule has 0 aliphatic rings. The largest absolute Gasteiger partial charge is 0.480 e. The van der Waals surface area contributed by atoms with E-state index in [4.69, 9.17) is 9.84 Å². The quantitative estimate of drug-likeness (QED) is 0.0528. The van der Waals surface area contributed by atoms with Crippen molar-refractivity contribution in [3.63, 3.8) is 0 Å². The molecule has 0 aromatic heterocycles. The highest BCUT2D eigenvalue weighted by molar-refractivity contribution is 8.00. The Bertz CT molecular complexity index is 895. The van der Waals surface area contributed by atoms with Crippen LogP contribution in [0.5, 0.6) is 0 Å². The number of ether oxygens (including phenoxy) is 1. The van der Waals surface area contributed by atoms with Gasteiger partial charge in [-0.3, -0.25) is 19.2 Å². The van der Waals surface area contributed by atoms with Crippen LogP contribution in [0.2, 0.25) is 0 Å². The molecule has 2 amide bonds. The highest BCUT2D eigenvalue weighted by atomic mass is 32.2. The molecule has 1 unspecified atom stereocenters. The number of aliphatic hydroxyl groups is 1. The van der Waals surface area contributed by atoms with Gasteiger partial charge in [0, 0.05) is 17.9 Å². The number of carboxylic acids is 1. The van der Waals surface area contributed by atoms with Crippen LogP contribution in [-0.4, -0.2) is 69.8 Å². The summed E-state index contributed by atoms with van der Waals surface area (Å²) in [4.78, 5) is 45.5. The van der Waals surface area contributed by atoms with Crippen molar-refractivity contribution >= 4 is 35.5 Å². The Morgan fingerprint density at radius 3 is 2.19 bits per heavy atom. The van der Waals surface area contributed by atoms with E-state index in [2.05, 4.69) is 6.92 Å². The van der Waals surface area contributed by atoms with Crippen molar-refractivity contribution in [1.82, 2.24) is 10.6 Å². The summed E-state index contributed by atoms with van der Waals surface area (Å²) in [5, 5.41) is 22.4. The van der Waals surface area contributed by atoms with E-state index in [9.17, 15) is 37.5 Å². The van der Waals surface area contributed by atoms with Gasteiger partial charge in [0.05, 0.1) is 12.4 Å². The van der Waals surface area contributed by atoms with E-state index in [0.29, 0.717) is 6.42 Å². The maximum Gasteiger partial charge on any atom is 0.471 e. The number of alkyl halides is 3. The average molecular weight is 623 g/mol. The molecule has 0 aliphatic carbocycles. The molecule has 0 saturated heterocycles. The number of aliphatic hydroxyl groups excluding tert-OH is 1. The molecule has 0 bridgehead atoms. The van der Waals surface area contributed by atoms with Gasteiger partial charge in [0.25, 0.3) is 0 Å². The van der Waals surface area contributed by atoms with Crippen LogP contribution in [0.15, 0.2) is 36.6 Å². The second-order valence-electron chi connectivity index (χ2n) is 9.64. The molecular weight excluding hydrogens is 577 g/mol. The van der Waals surface area contributed by atoms with Gasteiger partial charge in [-0.05, 0) is 31.8 Å². The number of rotatable bonds is 23. The summed E-state index contributed by atoms with van der Waals surface area (Å²) in [6.07, 6.45) is 14.6. The molecule has 42 heavy (non-hydrogen) atoms. The van der Waals surface area contributed by atoms with E-state index in [1.807, 2.05) is 17.5 Å². The fourth-order valence-electron chi connectivity index (χ4n) is 3.60. The van der Waals surface area contributed by atoms with Gasteiger partial charge in [0.15, 0.2) is 0 Å². The Hall–Kier alpha value is -2.80. The molecule has 240 valence electrons. The molecule has 0 aromatic rings. The van der Waals surface area contributed by atoms with Crippen molar-refractivity contribution in [1.29, 1.82) is 0 Å². The number of halogens is 3. The van der Waals surface area contributed by atoms with Gasteiger partial charge in [-0.25, -0.2) is 0 Å². The number of allylic oxidation sites excluding steroid dienone is 4. The standard InChI is InChI=1S/C29H45F3N2O7S/c1-3-4-5-6-7-8-9-10-11-12-13-14-18-25(24(36)17-15-16-19-41-22(2)35)42-21-23(27(39)33-20-26(37)38)34-28(40)29(30,31)32/h12-14,16,18-19,23-25,36H,3-11,15,17,20-21H2,1-2H3,(H,33,39)(H,34,40)(H,37,38)/t23?,24-,25+/m0/s1. The van der Waals surface area contributed by atoms with E-state index >= 15 is 0 Å². The minimum absolute atomic E-state index is 0.201. The van der Waals surface area contributed by atoms with Crippen molar-refractivity contribution in [2.24, 2.45) is 0 Å². The highest BCUT2D eigenvalue weighted by Crippen LogP contribution is 2.22. The molecular formula is C29H45F3N2O7S. The van der Waals surface area contributed by atoms with Crippen LogP contribution < -0.4 is 10.6 Å². The fraction of sp³-hybridized carbons (Fsp3) is 0.655. The Labute approximate surface area is 250 Å². The number of amides is 2. The number of aliphatic carboxylic acids is 1. The normalized spacial score (nSPS) is 14.2. The Balaban J connectivity index is 5.24. The maximum atomic E-state index is 12.8. The van der Waals surface area contributed by atoms with Crippen molar-refractivity contribution in [3.05, 3.63) is 36.6 Å². The van der Waals surface area contributed by atoms with Crippen LogP contribution >= 0.6 is 11.8 Å². The molecule has 9 nitrogen and oxygen atoms in total. The first-order valence-corrected chi connectivity index (χ1v) is 15.3. The van der Waals surface area contributed by atoms with Crippen LogP contribution in [0.1, 0.15) is 84.5 Å². The number of thioether (sulfide) groups is 1. The van der Waals surface area contributed by atoms with Gasteiger partial charge in [0.1, 0.15) is 12.6 Å². The van der Waals surface area contributed by atoms with Gasteiger partial charge >= 0.3 is 24.0 Å². The smallest absolute Gasteiger partial charge is 0.471 e. The zero-order valence-electron chi connectivity index (χ0n) is 24.4. The number of hydrogen-bond acceptors (Lipinski definition) is 7. The van der Waals surface area contributed by atoms with Crippen LogP contribution in [0.3, 0.4) is 0 Å². The predicted molar refractivity (Wildman–Crippen MR) is 157 cm³/mol. The minimum atomic E-state index is -5.25. The molecule has 0 spiro atoms. The van der Waals surface area contributed by atoms with E-state index in [0.717, 1.165) is 31.0 Å². The lowest BCUT2D eigenvalue weighted by atomic mass is 10.1. The molecule has 4 N–H and O–H groups in total. The lowest BCUT2D eigenvalue weighted by molar-refractivity contribution is -0.174. The number of esters is 1. The second kappa shape index (κ2) is 23.7. The molecule has 0 fully saturated rings. The predicted octanol–water partition coefficient (Wildman–Crippen LogP) is 5.20. The van der Waals surface area contributed by atoms with Crippen molar-refractivity contribution in [2.45, 2.75) is 108 Å². The lowest BCUT2D eigenvalue weighted by Crippen LogP contribution is -2.52. The Morgan fingerprint density at radius 2 is 1.60 bits per heavy atom. The minimum Gasteiger partial charge on any atom is -0.480 e. The first-order chi connectivity index (χ1) is 19.9. The van der Waals surface area contributed by atoms with E-state index < -0.39 is 53.9 Å². The Morgan fingerprint density at radius 1 is 0.952 bits per heavy atom. The summed E-state index contributed by atoms with van der Waals surface area (Å²) in [7, 11) is 0. The van der Waals surface area contributed by atoms with Gasteiger partial charge in [-0.15, -0.1) is 11.8 Å². The summed E-state index contributed by atoms with van der Waals surface area (Å²) >= 11 is 0.934. The van der Waals surface area contributed by atoms with Crippen LogP contribution in [0.25, 0.3) is 0 Å². The molecule has 0 radical (unpaired) electrons. The van der Waals surface area contributed by atoms with E-state index in [1.165, 1.54) is 57.8 Å². The molecule has 0 aliphatic heterocycles. The third-order valence-corrected chi connectivity index (χ3v) is 7.24. The number of carboxylic acid groups (broad SMARTS) is 1. The van der Waals surface area contributed by atoms with Crippen LogP contribution in [0.4, 0.5) is 13.2 Å².